The van der Waals surface area contributed by atoms with Crippen LogP contribution in [0.15, 0.2) is 48.7 Å². The largest absolute Gasteiger partial charge is 0.486 e. The Hall–Kier alpha value is -3.55. The lowest BCUT2D eigenvalue weighted by molar-refractivity contribution is 0.171. The third kappa shape index (κ3) is 4.00. The van der Waals surface area contributed by atoms with Gasteiger partial charge in [-0.3, -0.25) is 0 Å². The molecule has 2 aromatic carbocycles. The van der Waals surface area contributed by atoms with Crippen LogP contribution in [0.2, 0.25) is 0 Å². The van der Waals surface area contributed by atoms with Crippen molar-refractivity contribution in [1.82, 2.24) is 15.2 Å². The second kappa shape index (κ2) is 7.36. The van der Waals surface area contributed by atoms with E-state index < -0.39 is 0 Å². The van der Waals surface area contributed by atoms with E-state index in [0.717, 1.165) is 22.8 Å². The number of fused-ring (bicyclic) bond motifs is 1. The van der Waals surface area contributed by atoms with Crippen molar-refractivity contribution in [2.75, 3.05) is 42.8 Å². The van der Waals surface area contributed by atoms with Gasteiger partial charge in [0.05, 0.1) is 6.20 Å². The first kappa shape index (κ1) is 16.9. The summed E-state index contributed by atoms with van der Waals surface area (Å²) >= 11 is 0. The Balaban J connectivity index is 1.47. The van der Waals surface area contributed by atoms with E-state index >= 15 is 0 Å². The van der Waals surface area contributed by atoms with Gasteiger partial charge in [-0.2, -0.15) is 10.1 Å². The zero-order valence-electron chi connectivity index (χ0n) is 15.1. The van der Waals surface area contributed by atoms with E-state index in [9.17, 15) is 0 Å². The SMILES string of the molecule is CN(C)c1ccc(Nc2cnnc(Nc3ccc4c(c3)OCCO4)n2)cc1. The topological polar surface area (TPSA) is 84.4 Å². The molecule has 2 N–H and O–H groups in total. The smallest absolute Gasteiger partial charge is 0.249 e. The van der Waals surface area contributed by atoms with Crippen LogP contribution in [0, 0.1) is 0 Å². The van der Waals surface area contributed by atoms with Gasteiger partial charge >= 0.3 is 0 Å². The summed E-state index contributed by atoms with van der Waals surface area (Å²) in [5, 5.41) is 14.4. The molecule has 1 aliphatic heterocycles. The molecule has 0 atom stereocenters. The highest BCUT2D eigenvalue weighted by atomic mass is 16.6. The zero-order valence-corrected chi connectivity index (χ0v) is 15.1. The lowest BCUT2D eigenvalue weighted by atomic mass is 10.2. The molecule has 1 aromatic heterocycles. The molecular weight excluding hydrogens is 344 g/mol. The van der Waals surface area contributed by atoms with E-state index in [4.69, 9.17) is 9.47 Å². The van der Waals surface area contributed by atoms with Crippen molar-refractivity contribution in [2.45, 2.75) is 0 Å². The van der Waals surface area contributed by atoms with Gasteiger partial charge in [0, 0.05) is 37.2 Å². The molecule has 138 valence electrons. The molecule has 8 nitrogen and oxygen atoms in total. The second-order valence-corrected chi connectivity index (χ2v) is 6.21. The molecule has 0 aliphatic carbocycles. The number of anilines is 5. The molecular formula is C19H20N6O2. The van der Waals surface area contributed by atoms with Crippen LogP contribution < -0.4 is 25.0 Å². The fourth-order valence-corrected chi connectivity index (χ4v) is 2.66. The van der Waals surface area contributed by atoms with Gasteiger partial charge in [0.15, 0.2) is 17.3 Å². The predicted octanol–water partition coefficient (Wildman–Crippen LogP) is 3.20. The first-order valence-corrected chi connectivity index (χ1v) is 8.58. The summed E-state index contributed by atoms with van der Waals surface area (Å²) in [6.07, 6.45) is 1.58. The summed E-state index contributed by atoms with van der Waals surface area (Å²) in [4.78, 5) is 6.50. The summed E-state index contributed by atoms with van der Waals surface area (Å²) in [6.45, 7) is 1.11. The molecule has 0 saturated heterocycles. The first-order valence-electron chi connectivity index (χ1n) is 8.58. The Morgan fingerprint density at radius 3 is 2.41 bits per heavy atom. The average Bonchev–Trinajstić information content (AvgIpc) is 2.69. The Bertz CT molecular complexity index is 930. The van der Waals surface area contributed by atoms with Crippen molar-refractivity contribution >= 4 is 28.8 Å². The van der Waals surface area contributed by atoms with E-state index in [0.29, 0.717) is 30.7 Å². The van der Waals surface area contributed by atoms with Crippen molar-refractivity contribution < 1.29 is 9.47 Å². The van der Waals surface area contributed by atoms with Crippen LogP contribution in [0.3, 0.4) is 0 Å². The van der Waals surface area contributed by atoms with E-state index in [-0.39, 0.29) is 0 Å². The molecule has 0 unspecified atom stereocenters. The number of benzene rings is 2. The van der Waals surface area contributed by atoms with Gasteiger partial charge in [-0.15, -0.1) is 5.10 Å². The normalized spacial score (nSPS) is 12.4. The van der Waals surface area contributed by atoms with Gasteiger partial charge in [0.1, 0.15) is 13.2 Å². The lowest BCUT2D eigenvalue weighted by Gasteiger charge is -2.19. The van der Waals surface area contributed by atoms with Crippen molar-refractivity contribution in [3.8, 4) is 11.5 Å². The van der Waals surface area contributed by atoms with Crippen LogP contribution >= 0.6 is 0 Å². The Morgan fingerprint density at radius 1 is 0.889 bits per heavy atom. The Morgan fingerprint density at radius 2 is 1.63 bits per heavy atom. The first-order chi connectivity index (χ1) is 13.2. The highest BCUT2D eigenvalue weighted by Crippen LogP contribution is 2.33. The summed E-state index contributed by atoms with van der Waals surface area (Å²) in [7, 11) is 4.01. The van der Waals surface area contributed by atoms with Gasteiger partial charge < -0.3 is 25.0 Å². The molecule has 2 heterocycles. The molecule has 0 spiro atoms. The van der Waals surface area contributed by atoms with Crippen molar-refractivity contribution in [2.24, 2.45) is 0 Å². The molecule has 0 bridgehead atoms. The standard InChI is InChI=1S/C19H20N6O2/c1-25(2)15-6-3-13(4-7-15)21-18-12-20-24-19(23-18)22-14-5-8-16-17(11-14)27-10-9-26-16/h3-8,11-12H,9-10H2,1-2H3,(H2,21,22,23,24). The van der Waals surface area contributed by atoms with Crippen LogP contribution in [-0.4, -0.2) is 42.5 Å². The minimum Gasteiger partial charge on any atom is -0.486 e. The second-order valence-electron chi connectivity index (χ2n) is 6.21. The van der Waals surface area contributed by atoms with Gasteiger partial charge in [-0.25, -0.2) is 0 Å². The van der Waals surface area contributed by atoms with Crippen LogP contribution in [0.5, 0.6) is 11.5 Å². The molecule has 27 heavy (non-hydrogen) atoms. The number of aromatic nitrogens is 3. The highest BCUT2D eigenvalue weighted by molar-refractivity contribution is 5.63. The van der Waals surface area contributed by atoms with Crippen LogP contribution in [0.25, 0.3) is 0 Å². The van der Waals surface area contributed by atoms with Gasteiger partial charge in [0.25, 0.3) is 0 Å². The van der Waals surface area contributed by atoms with Crippen LogP contribution in [0.4, 0.5) is 28.8 Å². The third-order valence-corrected chi connectivity index (χ3v) is 4.01. The maximum absolute atomic E-state index is 5.59. The molecule has 0 amide bonds. The summed E-state index contributed by atoms with van der Waals surface area (Å²) in [5.41, 5.74) is 2.85. The Kier molecular flexibility index (Phi) is 4.61. The average molecular weight is 364 g/mol. The summed E-state index contributed by atoms with van der Waals surface area (Å²) < 4.78 is 11.1. The van der Waals surface area contributed by atoms with E-state index in [1.54, 1.807) is 6.20 Å². The van der Waals surface area contributed by atoms with Crippen molar-refractivity contribution in [3.05, 3.63) is 48.7 Å². The number of hydrogen-bond acceptors (Lipinski definition) is 8. The Labute approximate surface area is 157 Å². The minimum absolute atomic E-state index is 0.390. The number of nitrogens with zero attached hydrogens (tertiary/aromatic N) is 4. The summed E-state index contributed by atoms with van der Waals surface area (Å²) in [5.74, 6) is 2.43. The van der Waals surface area contributed by atoms with Crippen molar-refractivity contribution in [3.63, 3.8) is 0 Å². The zero-order chi connectivity index (χ0) is 18.6. The van der Waals surface area contributed by atoms with E-state index in [1.165, 1.54) is 0 Å². The maximum Gasteiger partial charge on any atom is 0.249 e. The predicted molar refractivity (Wildman–Crippen MR) is 105 cm³/mol. The summed E-state index contributed by atoms with van der Waals surface area (Å²) in [6, 6.07) is 13.7. The van der Waals surface area contributed by atoms with Gasteiger partial charge in [-0.05, 0) is 36.4 Å². The van der Waals surface area contributed by atoms with Gasteiger partial charge in [0.2, 0.25) is 5.95 Å². The maximum atomic E-state index is 5.59. The molecule has 1 aliphatic rings. The van der Waals surface area contributed by atoms with Crippen LogP contribution in [0.1, 0.15) is 0 Å². The lowest BCUT2D eigenvalue weighted by Crippen LogP contribution is -2.15. The monoisotopic (exact) mass is 364 g/mol. The third-order valence-electron chi connectivity index (χ3n) is 4.01. The van der Waals surface area contributed by atoms with Gasteiger partial charge in [-0.1, -0.05) is 0 Å². The van der Waals surface area contributed by atoms with E-state index in [1.807, 2.05) is 61.5 Å². The fraction of sp³-hybridized carbons (Fsp3) is 0.211. The fourth-order valence-electron chi connectivity index (χ4n) is 2.66. The van der Waals surface area contributed by atoms with Crippen LogP contribution in [-0.2, 0) is 0 Å². The highest BCUT2D eigenvalue weighted by Gasteiger charge is 2.12. The number of rotatable bonds is 5. The molecule has 0 radical (unpaired) electrons. The minimum atomic E-state index is 0.390. The molecule has 0 saturated carbocycles. The molecule has 4 rings (SSSR count). The number of ether oxygens (including phenoxy) is 2. The van der Waals surface area contributed by atoms with E-state index in [2.05, 4.69) is 25.8 Å². The molecule has 3 aromatic rings. The molecule has 0 fully saturated rings. The molecule has 8 heteroatoms. The number of hydrogen-bond donors (Lipinski definition) is 2. The quantitative estimate of drug-likeness (QED) is 0.714. The van der Waals surface area contributed by atoms with Crippen molar-refractivity contribution in [1.29, 1.82) is 0 Å². The number of nitrogens with one attached hydrogen (secondary N) is 2.